The summed E-state index contributed by atoms with van der Waals surface area (Å²) in [6.07, 6.45) is 28.6. The van der Waals surface area contributed by atoms with Gasteiger partial charge in [0.15, 0.2) is 0 Å². The van der Waals surface area contributed by atoms with Crippen LogP contribution in [0.2, 0.25) is 0 Å². The fourth-order valence-electron chi connectivity index (χ4n) is 4.99. The molecule has 5 nitrogen and oxygen atoms in total. The Balaban J connectivity index is 0.000000460. The average Bonchev–Trinajstić information content (AvgIpc) is 3.49. The molecule has 1 unspecified atom stereocenters. The van der Waals surface area contributed by atoms with Crippen LogP contribution in [0.25, 0.3) is 0 Å². The third-order valence-electron chi connectivity index (χ3n) is 6.50. The molecular formula is C27H46N4OS+2. The van der Waals surface area contributed by atoms with Crippen LogP contribution in [-0.2, 0) is 11.3 Å². The Morgan fingerprint density at radius 3 is 2.00 bits per heavy atom. The number of terminal acetylenes is 2. The number of quaternary nitrogens is 2. The molecule has 3 fully saturated rings. The maximum absolute atomic E-state index is 13.0. The van der Waals surface area contributed by atoms with E-state index in [0.717, 1.165) is 37.7 Å². The Labute approximate surface area is 206 Å². The van der Waals surface area contributed by atoms with Crippen molar-refractivity contribution in [2.24, 2.45) is 5.92 Å². The number of hydrogen-bond acceptors (Lipinski definition) is 3. The minimum atomic E-state index is 0.142. The van der Waals surface area contributed by atoms with E-state index in [1.165, 1.54) is 73.3 Å². The zero-order chi connectivity index (χ0) is 24.6. The van der Waals surface area contributed by atoms with E-state index in [1.807, 2.05) is 0 Å². The van der Waals surface area contributed by atoms with E-state index >= 15 is 0 Å². The number of nitrogens with zero attached hydrogens (tertiary/aromatic N) is 2. The third-order valence-corrected chi connectivity index (χ3v) is 7.65. The molecule has 33 heavy (non-hydrogen) atoms. The van der Waals surface area contributed by atoms with Gasteiger partial charge in [0.05, 0.1) is 38.1 Å². The highest BCUT2D eigenvalue weighted by atomic mass is 32.1. The molecule has 3 N–H and O–H groups in total. The van der Waals surface area contributed by atoms with E-state index < -0.39 is 0 Å². The van der Waals surface area contributed by atoms with Crippen molar-refractivity contribution in [1.29, 1.82) is 0 Å². The number of aryl methyl sites for hydroxylation is 1. The number of amides is 1. The summed E-state index contributed by atoms with van der Waals surface area (Å²) < 4.78 is 0. The van der Waals surface area contributed by atoms with Crippen molar-refractivity contribution in [3.63, 3.8) is 0 Å². The lowest BCUT2D eigenvalue weighted by atomic mass is 9.91. The normalized spacial score (nSPS) is 22.1. The van der Waals surface area contributed by atoms with Crippen molar-refractivity contribution in [2.45, 2.75) is 77.2 Å². The van der Waals surface area contributed by atoms with Crippen molar-refractivity contribution in [1.82, 2.24) is 9.88 Å². The summed E-state index contributed by atoms with van der Waals surface area (Å²) in [7, 11) is 4.32. The maximum Gasteiger partial charge on any atom is 0.232 e. The molecule has 6 heteroatoms. The molecule has 2 atom stereocenters. The van der Waals surface area contributed by atoms with Gasteiger partial charge in [-0.1, -0.05) is 38.5 Å². The molecule has 2 saturated heterocycles. The zero-order valence-electron chi connectivity index (χ0n) is 21.2. The minimum Gasteiger partial charge on any atom is -0.345 e. The predicted molar refractivity (Wildman–Crippen MR) is 139 cm³/mol. The lowest BCUT2D eigenvalue weighted by Crippen LogP contribution is -3.04. The quantitative estimate of drug-likeness (QED) is 0.658. The van der Waals surface area contributed by atoms with Crippen LogP contribution in [0.3, 0.4) is 0 Å². The number of piperidine rings is 1. The molecule has 184 valence electrons. The number of nitrogens with two attached hydrogens (primary N) is 1. The van der Waals surface area contributed by atoms with Crippen LogP contribution in [0.15, 0.2) is 0 Å². The van der Waals surface area contributed by atoms with Crippen molar-refractivity contribution < 1.29 is 15.0 Å². The predicted octanol–water partition coefficient (Wildman–Crippen LogP) is 2.22. The average molecular weight is 475 g/mol. The van der Waals surface area contributed by atoms with Gasteiger partial charge in [-0.2, -0.15) is 0 Å². The Morgan fingerprint density at radius 1 is 0.970 bits per heavy atom. The fraction of sp³-hybridized carbons (Fsp3) is 0.704. The molecule has 1 amide bonds. The summed E-state index contributed by atoms with van der Waals surface area (Å²) in [6.45, 7) is 6.91. The van der Waals surface area contributed by atoms with Gasteiger partial charge in [-0.15, -0.1) is 37.0 Å². The minimum absolute atomic E-state index is 0.142. The standard InChI is InChI=1S/C17H28N4OS.C6H12.2C2H2/c1-12-19-15(11-20(2)3)16(23-12)13-9-18-10-14(13)17(22)21-7-5-4-6-8-21;1-2-4-6-5-3-1;2*1-2/h13-14,18H,4-11H2,1-3H3;1-6H2;2*1-2H/p+2/t13-,14?;;;/m1.../s1. The van der Waals surface area contributed by atoms with E-state index in [4.69, 9.17) is 4.98 Å². The number of rotatable bonds is 4. The lowest BCUT2D eigenvalue weighted by Gasteiger charge is -2.29. The molecule has 3 heterocycles. The second-order valence-electron chi connectivity index (χ2n) is 9.41. The molecular weight excluding hydrogens is 428 g/mol. The monoisotopic (exact) mass is 474 g/mol. The van der Waals surface area contributed by atoms with E-state index in [2.05, 4.69) is 56.9 Å². The Bertz CT molecular complexity index is 697. The molecule has 2 aliphatic heterocycles. The second kappa shape index (κ2) is 16.7. The van der Waals surface area contributed by atoms with E-state index in [-0.39, 0.29) is 5.92 Å². The number of likely N-dealkylation sites (tertiary alicyclic amines) is 1. The first kappa shape index (κ1) is 29.2. The van der Waals surface area contributed by atoms with Crippen LogP contribution in [0, 0.1) is 38.5 Å². The first-order valence-electron chi connectivity index (χ1n) is 12.6. The molecule has 0 bridgehead atoms. The van der Waals surface area contributed by atoms with Crippen LogP contribution >= 0.6 is 11.3 Å². The highest BCUT2D eigenvalue weighted by Crippen LogP contribution is 2.34. The van der Waals surface area contributed by atoms with E-state index in [1.54, 1.807) is 11.3 Å². The van der Waals surface area contributed by atoms with Crippen LogP contribution in [-0.4, -0.2) is 56.1 Å². The largest absolute Gasteiger partial charge is 0.345 e. The number of aromatic nitrogens is 1. The molecule has 0 radical (unpaired) electrons. The van der Waals surface area contributed by atoms with E-state index in [0.29, 0.717) is 11.8 Å². The molecule has 1 aromatic heterocycles. The Morgan fingerprint density at radius 2 is 1.48 bits per heavy atom. The molecule has 1 aliphatic carbocycles. The zero-order valence-corrected chi connectivity index (χ0v) is 22.0. The van der Waals surface area contributed by atoms with Crippen molar-refractivity contribution in [2.75, 3.05) is 40.3 Å². The van der Waals surface area contributed by atoms with Crippen molar-refractivity contribution >= 4 is 17.2 Å². The van der Waals surface area contributed by atoms with Crippen LogP contribution in [0.1, 0.15) is 79.3 Å². The summed E-state index contributed by atoms with van der Waals surface area (Å²) in [6, 6.07) is 0. The highest BCUT2D eigenvalue weighted by Gasteiger charge is 2.42. The smallest absolute Gasteiger partial charge is 0.232 e. The molecule has 0 aromatic carbocycles. The Kier molecular flexibility index (Phi) is 14.8. The van der Waals surface area contributed by atoms with Gasteiger partial charge in [0.1, 0.15) is 18.2 Å². The van der Waals surface area contributed by atoms with Gasteiger partial charge in [0, 0.05) is 18.0 Å². The summed E-state index contributed by atoms with van der Waals surface area (Å²) in [5.74, 6) is 0.881. The van der Waals surface area contributed by atoms with Crippen LogP contribution in [0.4, 0.5) is 0 Å². The molecule has 1 saturated carbocycles. The van der Waals surface area contributed by atoms with Gasteiger partial charge in [0.2, 0.25) is 5.91 Å². The van der Waals surface area contributed by atoms with Gasteiger partial charge >= 0.3 is 0 Å². The van der Waals surface area contributed by atoms with Gasteiger partial charge in [-0.25, -0.2) is 4.98 Å². The molecule has 0 spiro atoms. The van der Waals surface area contributed by atoms with Crippen molar-refractivity contribution in [3.05, 3.63) is 15.6 Å². The Hall–Kier alpha value is -1.86. The molecule has 1 aromatic rings. The highest BCUT2D eigenvalue weighted by molar-refractivity contribution is 7.11. The number of carbonyl (C=O) groups excluding carboxylic acids is 1. The summed E-state index contributed by atoms with van der Waals surface area (Å²) in [5.41, 5.74) is 1.21. The number of nitrogens with one attached hydrogen (secondary N) is 1. The topological polar surface area (TPSA) is 54.2 Å². The molecule has 3 aliphatic rings. The number of carbonyl (C=O) groups is 1. The third kappa shape index (κ3) is 9.49. The van der Waals surface area contributed by atoms with Gasteiger partial charge in [-0.05, 0) is 26.2 Å². The first-order chi connectivity index (χ1) is 16.1. The number of hydrogen-bond donors (Lipinski definition) is 2. The molecule has 4 rings (SSSR count). The van der Waals surface area contributed by atoms with Gasteiger partial charge in [-0.3, -0.25) is 4.79 Å². The van der Waals surface area contributed by atoms with Crippen molar-refractivity contribution in [3.8, 4) is 25.7 Å². The SMILES string of the molecule is C#C.C#C.C1CCCCC1.Cc1nc(C[NH+](C)C)c([C@@H]2C[NH2+]CC2C(=O)N2CCCCC2)s1. The first-order valence-corrected chi connectivity index (χ1v) is 13.4. The van der Waals surface area contributed by atoms with E-state index in [9.17, 15) is 4.79 Å². The van der Waals surface area contributed by atoms with Gasteiger partial charge in [0.25, 0.3) is 0 Å². The lowest BCUT2D eigenvalue weighted by molar-refractivity contribution is -0.873. The number of thiazole rings is 1. The maximum atomic E-state index is 13.0. The summed E-state index contributed by atoms with van der Waals surface area (Å²) in [5, 5.41) is 3.45. The summed E-state index contributed by atoms with van der Waals surface area (Å²) in [4.78, 5) is 22.6. The second-order valence-corrected chi connectivity index (χ2v) is 10.6. The fourth-order valence-corrected chi connectivity index (χ4v) is 6.11. The van der Waals surface area contributed by atoms with Crippen LogP contribution < -0.4 is 10.2 Å². The van der Waals surface area contributed by atoms with Crippen LogP contribution in [0.5, 0.6) is 0 Å². The summed E-state index contributed by atoms with van der Waals surface area (Å²) >= 11 is 1.81. The van der Waals surface area contributed by atoms with Gasteiger partial charge < -0.3 is 15.1 Å².